The van der Waals surface area contributed by atoms with Gasteiger partial charge in [-0.1, -0.05) is 48.4 Å². The number of amides is 2. The number of carbonyl (C=O) groups is 2. The topological polar surface area (TPSA) is 59.1 Å². The molecule has 2 fully saturated rings. The van der Waals surface area contributed by atoms with Gasteiger partial charge in [0.1, 0.15) is 5.75 Å². The van der Waals surface area contributed by atoms with Crippen LogP contribution < -0.4 is 4.74 Å². The molecule has 2 amide bonds. The number of halogens is 1. The zero-order valence-corrected chi connectivity index (χ0v) is 22.1. The third-order valence-electron chi connectivity index (χ3n) is 7.36. The maximum Gasteiger partial charge on any atom is 0.259 e. The summed E-state index contributed by atoms with van der Waals surface area (Å²) in [6, 6.07) is 15.2. The van der Waals surface area contributed by atoms with Crippen LogP contribution in [0.25, 0.3) is 0 Å². The lowest BCUT2D eigenvalue weighted by Gasteiger charge is -2.38. The van der Waals surface area contributed by atoms with Crippen LogP contribution in [-0.2, 0) is 15.1 Å². The zero-order chi connectivity index (χ0) is 25.5. The molecule has 1 unspecified atom stereocenters. The van der Waals surface area contributed by atoms with Crippen molar-refractivity contribution in [2.75, 3.05) is 40.4 Å². The highest BCUT2D eigenvalue weighted by atomic mass is 35.5. The minimum absolute atomic E-state index is 0.120. The molecule has 1 atom stereocenters. The van der Waals surface area contributed by atoms with E-state index >= 15 is 0 Å². The second-order valence-corrected chi connectivity index (χ2v) is 10.5. The summed E-state index contributed by atoms with van der Waals surface area (Å²) in [5.41, 5.74) is 0.662. The number of piperidine rings is 1. The second kappa shape index (κ2) is 12.1. The number of carbonyl (C=O) groups excluding carboxylic acids is 2. The number of hydrogen-bond acceptors (Lipinski definition) is 4. The molecule has 0 aliphatic carbocycles. The summed E-state index contributed by atoms with van der Waals surface area (Å²) in [6.45, 7) is 2.86. The summed E-state index contributed by atoms with van der Waals surface area (Å²) in [5, 5.41) is 0.407. The minimum atomic E-state index is -0.799. The maximum absolute atomic E-state index is 13.5. The summed E-state index contributed by atoms with van der Waals surface area (Å²) in [7, 11) is 3.41. The van der Waals surface area contributed by atoms with Crippen LogP contribution in [-0.4, -0.2) is 62.0 Å². The molecule has 2 aromatic rings. The Morgan fingerprint density at radius 2 is 1.86 bits per heavy atom. The van der Waals surface area contributed by atoms with Gasteiger partial charge in [0.15, 0.2) is 5.60 Å². The normalized spacial score (nSPS) is 20.4. The van der Waals surface area contributed by atoms with Gasteiger partial charge in [0.25, 0.3) is 11.8 Å². The Labute approximate surface area is 219 Å². The highest BCUT2D eigenvalue weighted by Crippen LogP contribution is 2.39. The van der Waals surface area contributed by atoms with Crippen molar-refractivity contribution >= 4 is 23.4 Å². The summed E-state index contributed by atoms with van der Waals surface area (Å²) in [5.74, 6) is 1.33. The molecule has 194 valence electrons. The van der Waals surface area contributed by atoms with Crippen molar-refractivity contribution < 1.29 is 19.1 Å². The quantitative estimate of drug-likeness (QED) is 0.414. The molecule has 0 radical (unpaired) electrons. The third kappa shape index (κ3) is 6.04. The fraction of sp³-hybridized carbons (Fsp3) is 0.517. The number of rotatable bonds is 9. The first-order valence-corrected chi connectivity index (χ1v) is 13.4. The average Bonchev–Trinajstić information content (AvgIpc) is 3.40. The number of unbranched alkanes of at least 4 members (excludes halogenated alkanes) is 1. The number of hydrogen-bond donors (Lipinski definition) is 0. The van der Waals surface area contributed by atoms with Crippen LogP contribution >= 0.6 is 11.6 Å². The van der Waals surface area contributed by atoms with Gasteiger partial charge in [0, 0.05) is 33.8 Å². The molecular formula is C29H37ClN2O4. The molecule has 2 aromatic carbocycles. The Morgan fingerprint density at radius 3 is 2.50 bits per heavy atom. The molecule has 0 N–H and O–H groups in total. The van der Waals surface area contributed by atoms with E-state index in [4.69, 9.17) is 21.1 Å². The van der Waals surface area contributed by atoms with Crippen molar-refractivity contribution in [1.82, 2.24) is 9.80 Å². The van der Waals surface area contributed by atoms with Crippen molar-refractivity contribution in [3.05, 3.63) is 64.7 Å². The second-order valence-electron chi connectivity index (χ2n) is 10.1. The molecule has 7 heteroatoms. The van der Waals surface area contributed by atoms with Gasteiger partial charge in [-0.05, 0) is 68.2 Å². The van der Waals surface area contributed by atoms with E-state index in [1.165, 1.54) is 4.90 Å². The molecule has 0 saturated carbocycles. The van der Waals surface area contributed by atoms with Gasteiger partial charge in [-0.2, -0.15) is 0 Å². The van der Waals surface area contributed by atoms with Crippen LogP contribution in [0.3, 0.4) is 0 Å². The van der Waals surface area contributed by atoms with Crippen LogP contribution in [0, 0.1) is 5.92 Å². The Kier molecular flexibility index (Phi) is 8.91. The van der Waals surface area contributed by atoms with E-state index in [1.54, 1.807) is 32.3 Å². The number of likely N-dealkylation sites (tertiary alicyclic amines) is 1. The Morgan fingerprint density at radius 1 is 1.11 bits per heavy atom. The average molecular weight is 513 g/mol. The van der Waals surface area contributed by atoms with Crippen LogP contribution in [0.2, 0.25) is 5.02 Å². The first-order valence-electron chi connectivity index (χ1n) is 13.0. The van der Waals surface area contributed by atoms with Crippen molar-refractivity contribution in [3.8, 4) is 5.75 Å². The lowest BCUT2D eigenvalue weighted by atomic mass is 9.86. The fourth-order valence-corrected chi connectivity index (χ4v) is 5.52. The van der Waals surface area contributed by atoms with Gasteiger partial charge < -0.3 is 19.3 Å². The molecule has 2 aliphatic rings. The van der Waals surface area contributed by atoms with Crippen LogP contribution in [0.4, 0.5) is 0 Å². The molecule has 0 aromatic heterocycles. The van der Waals surface area contributed by atoms with E-state index in [-0.39, 0.29) is 11.8 Å². The van der Waals surface area contributed by atoms with E-state index < -0.39 is 5.60 Å². The monoisotopic (exact) mass is 512 g/mol. The van der Waals surface area contributed by atoms with E-state index in [1.807, 2.05) is 35.2 Å². The zero-order valence-electron chi connectivity index (χ0n) is 21.4. The first kappa shape index (κ1) is 26.5. The van der Waals surface area contributed by atoms with Gasteiger partial charge >= 0.3 is 0 Å². The fourth-order valence-electron chi connectivity index (χ4n) is 5.27. The smallest absolute Gasteiger partial charge is 0.259 e. The lowest BCUT2D eigenvalue weighted by Crippen LogP contribution is -2.49. The molecule has 4 rings (SSSR count). The molecule has 36 heavy (non-hydrogen) atoms. The third-order valence-corrected chi connectivity index (χ3v) is 7.67. The largest absolute Gasteiger partial charge is 0.494 e. The Balaban J connectivity index is 1.18. The summed E-state index contributed by atoms with van der Waals surface area (Å²) < 4.78 is 12.0. The Bertz CT molecular complexity index is 1030. The van der Waals surface area contributed by atoms with E-state index in [0.717, 1.165) is 63.6 Å². The highest BCUT2D eigenvalue weighted by molar-refractivity contribution is 6.34. The van der Waals surface area contributed by atoms with Gasteiger partial charge in [0.05, 0.1) is 17.2 Å². The lowest BCUT2D eigenvalue weighted by molar-refractivity contribution is -0.155. The van der Waals surface area contributed by atoms with Gasteiger partial charge in [-0.3, -0.25) is 9.59 Å². The molecule has 0 bridgehead atoms. The Hall–Kier alpha value is -2.57. The molecule has 2 heterocycles. The summed E-state index contributed by atoms with van der Waals surface area (Å²) in [4.78, 5) is 29.2. The van der Waals surface area contributed by atoms with Crippen LogP contribution in [0.15, 0.2) is 48.5 Å². The van der Waals surface area contributed by atoms with Gasteiger partial charge in [0.2, 0.25) is 0 Å². The van der Waals surface area contributed by atoms with Crippen molar-refractivity contribution in [3.63, 3.8) is 0 Å². The van der Waals surface area contributed by atoms with E-state index in [9.17, 15) is 9.59 Å². The first-order chi connectivity index (χ1) is 17.4. The molecule has 0 spiro atoms. The SMILES string of the molecule is CN(C)C(=O)c1ccc(OCCCCC2CCN(C(=O)C3(c4ccccc4)CCCO3)CC2)cc1Cl. The predicted molar refractivity (Wildman–Crippen MR) is 141 cm³/mol. The number of nitrogens with zero attached hydrogens (tertiary/aromatic N) is 2. The molecule has 2 saturated heterocycles. The van der Waals surface area contributed by atoms with Gasteiger partial charge in [-0.15, -0.1) is 0 Å². The van der Waals surface area contributed by atoms with Gasteiger partial charge in [-0.25, -0.2) is 0 Å². The molecule has 6 nitrogen and oxygen atoms in total. The van der Waals surface area contributed by atoms with E-state index in [0.29, 0.717) is 35.5 Å². The van der Waals surface area contributed by atoms with Crippen LogP contribution in [0.5, 0.6) is 5.75 Å². The maximum atomic E-state index is 13.5. The van der Waals surface area contributed by atoms with Crippen LogP contribution in [0.1, 0.15) is 60.9 Å². The minimum Gasteiger partial charge on any atom is -0.494 e. The standard InChI is InChI=1S/C29H37ClN2O4/c1-31(2)27(33)25-13-12-24(21-26(25)30)35-19-7-6-9-22-14-17-32(18-15-22)28(34)29(16-8-20-36-29)23-10-4-3-5-11-23/h3-5,10-13,21-22H,6-9,14-20H2,1-2H3. The van der Waals surface area contributed by atoms with Crippen molar-refractivity contribution in [2.24, 2.45) is 5.92 Å². The molecule has 2 aliphatic heterocycles. The molecular weight excluding hydrogens is 476 g/mol. The van der Waals surface area contributed by atoms with Crippen molar-refractivity contribution in [2.45, 2.75) is 50.5 Å². The van der Waals surface area contributed by atoms with Crippen molar-refractivity contribution in [1.29, 1.82) is 0 Å². The number of ether oxygens (including phenoxy) is 2. The predicted octanol–water partition coefficient (Wildman–Crippen LogP) is 5.54. The highest BCUT2D eigenvalue weighted by Gasteiger charge is 2.47. The van der Waals surface area contributed by atoms with E-state index in [2.05, 4.69) is 0 Å². The summed E-state index contributed by atoms with van der Waals surface area (Å²) >= 11 is 6.27. The summed E-state index contributed by atoms with van der Waals surface area (Å²) in [6.07, 6.45) is 6.94. The number of benzene rings is 2.